The molecule has 0 fully saturated rings. The van der Waals surface area contributed by atoms with Gasteiger partial charge in [0.25, 0.3) is 0 Å². The van der Waals surface area contributed by atoms with Gasteiger partial charge in [-0.25, -0.2) is 4.79 Å². The first-order valence-corrected chi connectivity index (χ1v) is 6.92. The van der Waals surface area contributed by atoms with Gasteiger partial charge in [0.15, 0.2) is 5.58 Å². The molecule has 0 saturated carbocycles. The first-order chi connectivity index (χ1) is 10.5. The molecule has 6 heteroatoms. The normalized spacial score (nSPS) is 11.0. The second-order valence-corrected chi connectivity index (χ2v) is 5.18. The number of furan rings is 1. The standard InChI is InChI=1S/C16H16N2O4/c1-11-7-8-12(21-11)9-17(2)15(19)10-18-13-5-3-4-6-14(13)22-16(18)20/h3-8H,9-10H2,1-2H3. The van der Waals surface area contributed by atoms with E-state index in [1.165, 1.54) is 9.47 Å². The van der Waals surface area contributed by atoms with Crippen LogP contribution in [0, 0.1) is 6.92 Å². The van der Waals surface area contributed by atoms with E-state index in [9.17, 15) is 9.59 Å². The summed E-state index contributed by atoms with van der Waals surface area (Å²) in [6, 6.07) is 10.7. The van der Waals surface area contributed by atoms with Crippen molar-refractivity contribution in [2.45, 2.75) is 20.0 Å². The quantitative estimate of drug-likeness (QED) is 0.740. The van der Waals surface area contributed by atoms with E-state index >= 15 is 0 Å². The zero-order chi connectivity index (χ0) is 15.7. The van der Waals surface area contributed by atoms with E-state index in [-0.39, 0.29) is 12.5 Å². The van der Waals surface area contributed by atoms with Crippen molar-refractivity contribution in [2.24, 2.45) is 0 Å². The summed E-state index contributed by atoms with van der Waals surface area (Å²) in [5.74, 6) is 0.783. The van der Waals surface area contributed by atoms with Crippen LogP contribution < -0.4 is 5.76 Å². The zero-order valence-electron chi connectivity index (χ0n) is 12.4. The van der Waals surface area contributed by atoms with Crippen LogP contribution >= 0.6 is 0 Å². The highest BCUT2D eigenvalue weighted by Crippen LogP contribution is 2.13. The van der Waals surface area contributed by atoms with Crippen molar-refractivity contribution in [3.63, 3.8) is 0 Å². The molecule has 22 heavy (non-hydrogen) atoms. The molecule has 1 aromatic carbocycles. The van der Waals surface area contributed by atoms with E-state index in [2.05, 4.69) is 0 Å². The number of aryl methyl sites for hydroxylation is 1. The first kappa shape index (κ1) is 14.2. The Kier molecular flexibility index (Phi) is 3.58. The number of amides is 1. The van der Waals surface area contributed by atoms with Gasteiger partial charge in [0.1, 0.15) is 18.1 Å². The molecule has 0 N–H and O–H groups in total. The zero-order valence-corrected chi connectivity index (χ0v) is 12.4. The lowest BCUT2D eigenvalue weighted by molar-refractivity contribution is -0.131. The predicted octanol–water partition coefficient (Wildman–Crippen LogP) is 2.15. The van der Waals surface area contributed by atoms with Crippen LogP contribution in [0.1, 0.15) is 11.5 Å². The molecule has 3 aromatic rings. The largest absolute Gasteiger partial charge is 0.464 e. The molecule has 3 rings (SSSR count). The number of aromatic nitrogens is 1. The molecular formula is C16H16N2O4. The monoisotopic (exact) mass is 300 g/mol. The van der Waals surface area contributed by atoms with E-state index in [4.69, 9.17) is 8.83 Å². The molecule has 2 heterocycles. The number of benzene rings is 1. The average molecular weight is 300 g/mol. The molecule has 1 amide bonds. The minimum atomic E-state index is -0.531. The molecule has 0 unspecified atom stereocenters. The van der Waals surface area contributed by atoms with E-state index in [1.54, 1.807) is 31.3 Å². The van der Waals surface area contributed by atoms with Crippen LogP contribution in [0.5, 0.6) is 0 Å². The topological polar surface area (TPSA) is 68.6 Å². The van der Waals surface area contributed by atoms with Gasteiger partial charge >= 0.3 is 5.76 Å². The van der Waals surface area contributed by atoms with E-state index in [0.717, 1.165) is 5.76 Å². The van der Waals surface area contributed by atoms with Gasteiger partial charge in [-0.1, -0.05) is 12.1 Å². The predicted molar refractivity (Wildman–Crippen MR) is 80.4 cm³/mol. The van der Waals surface area contributed by atoms with Crippen LogP contribution in [0.2, 0.25) is 0 Å². The van der Waals surface area contributed by atoms with Gasteiger partial charge in [-0.15, -0.1) is 0 Å². The molecule has 0 aliphatic rings. The van der Waals surface area contributed by atoms with Gasteiger partial charge in [0.05, 0.1) is 12.1 Å². The maximum Gasteiger partial charge on any atom is 0.420 e. The van der Waals surface area contributed by atoms with Gasteiger partial charge < -0.3 is 13.7 Å². The smallest absolute Gasteiger partial charge is 0.420 e. The number of carbonyl (C=O) groups excluding carboxylic acids is 1. The Hall–Kier alpha value is -2.76. The highest BCUT2D eigenvalue weighted by Gasteiger charge is 2.16. The lowest BCUT2D eigenvalue weighted by atomic mass is 10.3. The summed E-state index contributed by atoms with van der Waals surface area (Å²) >= 11 is 0. The van der Waals surface area contributed by atoms with Crippen LogP contribution in [-0.2, 0) is 17.9 Å². The fraction of sp³-hybridized carbons (Fsp3) is 0.250. The van der Waals surface area contributed by atoms with Crippen LogP contribution in [0.4, 0.5) is 0 Å². The lowest BCUT2D eigenvalue weighted by Crippen LogP contribution is -2.32. The van der Waals surface area contributed by atoms with Crippen molar-refractivity contribution in [1.82, 2.24) is 9.47 Å². The summed E-state index contributed by atoms with van der Waals surface area (Å²) in [6.07, 6.45) is 0. The third kappa shape index (κ3) is 2.67. The molecule has 2 aromatic heterocycles. The first-order valence-electron chi connectivity index (χ1n) is 6.92. The Balaban J connectivity index is 1.78. The second kappa shape index (κ2) is 5.55. The molecule has 0 aliphatic carbocycles. The number of carbonyl (C=O) groups is 1. The highest BCUT2D eigenvalue weighted by molar-refractivity contribution is 5.79. The summed E-state index contributed by atoms with van der Waals surface area (Å²) in [5.41, 5.74) is 1.09. The summed E-state index contributed by atoms with van der Waals surface area (Å²) in [5, 5.41) is 0. The SMILES string of the molecule is Cc1ccc(CN(C)C(=O)Cn2c(=O)oc3ccccc32)o1. The molecule has 0 radical (unpaired) electrons. The number of rotatable bonds is 4. The lowest BCUT2D eigenvalue weighted by Gasteiger charge is -2.15. The number of para-hydroxylation sites is 2. The molecule has 114 valence electrons. The van der Waals surface area contributed by atoms with E-state index in [1.807, 2.05) is 19.1 Å². The summed E-state index contributed by atoms with van der Waals surface area (Å²) < 4.78 is 11.9. The number of hydrogen-bond donors (Lipinski definition) is 0. The Labute approximate surface area is 126 Å². The minimum absolute atomic E-state index is 0.0635. The number of nitrogens with zero attached hydrogens (tertiary/aromatic N) is 2. The molecule has 0 bridgehead atoms. The molecule has 0 saturated heterocycles. The fourth-order valence-electron chi connectivity index (χ4n) is 2.31. The Bertz CT molecular complexity index is 872. The molecular weight excluding hydrogens is 284 g/mol. The number of likely N-dealkylation sites (N-methyl/N-ethyl adjacent to an activating group) is 1. The van der Waals surface area contributed by atoms with Crippen LogP contribution in [0.15, 0.2) is 50.0 Å². The second-order valence-electron chi connectivity index (χ2n) is 5.18. The molecule has 6 nitrogen and oxygen atoms in total. The summed E-state index contributed by atoms with van der Waals surface area (Å²) in [6.45, 7) is 2.14. The van der Waals surface area contributed by atoms with Gasteiger partial charge in [-0.05, 0) is 31.2 Å². The molecule has 0 atom stereocenters. The Morgan fingerprint density at radius 2 is 1.95 bits per heavy atom. The third-order valence-electron chi connectivity index (χ3n) is 3.48. The summed E-state index contributed by atoms with van der Waals surface area (Å²) in [4.78, 5) is 25.7. The van der Waals surface area contributed by atoms with Crippen molar-refractivity contribution in [2.75, 3.05) is 7.05 Å². The van der Waals surface area contributed by atoms with Crippen molar-refractivity contribution in [3.8, 4) is 0 Å². The fourth-order valence-corrected chi connectivity index (χ4v) is 2.31. The Morgan fingerprint density at radius 3 is 2.68 bits per heavy atom. The van der Waals surface area contributed by atoms with Crippen LogP contribution in [0.25, 0.3) is 11.1 Å². The van der Waals surface area contributed by atoms with Gasteiger partial charge in [-0.2, -0.15) is 0 Å². The van der Waals surface area contributed by atoms with Crippen molar-refractivity contribution in [3.05, 3.63) is 58.5 Å². The van der Waals surface area contributed by atoms with Crippen LogP contribution in [0.3, 0.4) is 0 Å². The van der Waals surface area contributed by atoms with Crippen molar-refractivity contribution >= 4 is 17.0 Å². The van der Waals surface area contributed by atoms with Gasteiger partial charge in [-0.3, -0.25) is 9.36 Å². The van der Waals surface area contributed by atoms with Crippen LogP contribution in [-0.4, -0.2) is 22.4 Å². The Morgan fingerprint density at radius 1 is 1.18 bits per heavy atom. The van der Waals surface area contributed by atoms with Crippen molar-refractivity contribution in [1.29, 1.82) is 0 Å². The van der Waals surface area contributed by atoms with Gasteiger partial charge in [0.2, 0.25) is 5.91 Å². The van der Waals surface area contributed by atoms with Gasteiger partial charge in [0, 0.05) is 7.05 Å². The van der Waals surface area contributed by atoms with Crippen molar-refractivity contribution < 1.29 is 13.6 Å². The maximum absolute atomic E-state index is 12.3. The average Bonchev–Trinajstić information content (AvgIpc) is 3.03. The van der Waals surface area contributed by atoms with E-state index < -0.39 is 5.76 Å². The number of hydrogen-bond acceptors (Lipinski definition) is 4. The number of fused-ring (bicyclic) bond motifs is 1. The molecule has 0 aliphatic heterocycles. The minimum Gasteiger partial charge on any atom is -0.464 e. The van der Waals surface area contributed by atoms with E-state index in [0.29, 0.717) is 23.4 Å². The molecule has 0 spiro atoms. The third-order valence-corrected chi connectivity index (χ3v) is 3.48. The highest BCUT2D eigenvalue weighted by atomic mass is 16.4. The number of oxazole rings is 1. The maximum atomic E-state index is 12.3. The summed E-state index contributed by atoms with van der Waals surface area (Å²) in [7, 11) is 1.67.